The average molecular weight is 389 g/mol. The van der Waals surface area contributed by atoms with Gasteiger partial charge in [0, 0.05) is 44.6 Å². The van der Waals surface area contributed by atoms with Gasteiger partial charge in [-0.05, 0) is 32.3 Å². The first-order valence-electron chi connectivity index (χ1n) is 10.2. The van der Waals surface area contributed by atoms with Gasteiger partial charge < -0.3 is 19.3 Å². The summed E-state index contributed by atoms with van der Waals surface area (Å²) in [5, 5.41) is 0. The van der Waals surface area contributed by atoms with E-state index in [9.17, 15) is 9.59 Å². The summed E-state index contributed by atoms with van der Waals surface area (Å²) < 4.78 is 11.8. The number of carbonyl (C=O) groups is 2. The molecule has 3 rings (SSSR count). The van der Waals surface area contributed by atoms with E-state index in [0.29, 0.717) is 44.3 Å². The topological polar surface area (TPSA) is 59.1 Å². The summed E-state index contributed by atoms with van der Waals surface area (Å²) in [4.78, 5) is 28.4. The molecule has 2 aliphatic rings. The second-order valence-corrected chi connectivity index (χ2v) is 8.77. The van der Waals surface area contributed by atoms with Crippen molar-refractivity contribution in [3.63, 3.8) is 0 Å². The highest BCUT2D eigenvalue weighted by molar-refractivity contribution is 5.79. The lowest BCUT2D eigenvalue weighted by atomic mass is 10.0. The Morgan fingerprint density at radius 1 is 1.11 bits per heavy atom. The fourth-order valence-electron chi connectivity index (χ4n) is 3.71. The van der Waals surface area contributed by atoms with Gasteiger partial charge in [0.2, 0.25) is 5.91 Å². The Balaban J connectivity index is 1.47. The van der Waals surface area contributed by atoms with Gasteiger partial charge in [-0.1, -0.05) is 26.0 Å². The SMILES string of the molecule is CC(C)CCC(=O)N1CCN(C(=O)COc2cccc3c2OC(C)(C)C3)CC1. The van der Waals surface area contributed by atoms with Gasteiger partial charge in [0.15, 0.2) is 18.1 Å². The predicted octanol–water partition coefficient (Wildman–Crippen LogP) is 2.89. The normalized spacial score (nSPS) is 18.0. The van der Waals surface area contributed by atoms with Crippen LogP contribution in [0.25, 0.3) is 0 Å². The van der Waals surface area contributed by atoms with Crippen molar-refractivity contribution in [1.29, 1.82) is 0 Å². The standard InChI is InChI=1S/C22H32N2O4/c1-16(2)8-9-19(25)23-10-12-24(13-11-23)20(26)15-27-18-7-5-6-17-14-22(3,4)28-21(17)18/h5-7,16H,8-15H2,1-4H3. The number of hydrogen-bond donors (Lipinski definition) is 0. The van der Waals surface area contributed by atoms with Crippen LogP contribution < -0.4 is 9.47 Å². The molecular formula is C22H32N2O4. The van der Waals surface area contributed by atoms with Crippen LogP contribution in [0.1, 0.15) is 46.1 Å². The maximum Gasteiger partial charge on any atom is 0.260 e. The van der Waals surface area contributed by atoms with Gasteiger partial charge in [-0.25, -0.2) is 0 Å². The van der Waals surface area contributed by atoms with Crippen LogP contribution in [0.15, 0.2) is 18.2 Å². The minimum atomic E-state index is -0.246. The Morgan fingerprint density at radius 3 is 2.39 bits per heavy atom. The lowest BCUT2D eigenvalue weighted by Gasteiger charge is -2.35. The van der Waals surface area contributed by atoms with E-state index in [1.54, 1.807) is 4.90 Å². The van der Waals surface area contributed by atoms with Crippen LogP contribution >= 0.6 is 0 Å². The Kier molecular flexibility index (Phi) is 6.16. The second-order valence-electron chi connectivity index (χ2n) is 8.77. The van der Waals surface area contributed by atoms with Gasteiger partial charge in [-0.3, -0.25) is 9.59 Å². The lowest BCUT2D eigenvalue weighted by molar-refractivity contribution is -0.140. The summed E-state index contributed by atoms with van der Waals surface area (Å²) >= 11 is 0. The summed E-state index contributed by atoms with van der Waals surface area (Å²) in [6, 6.07) is 5.82. The molecular weight excluding hydrogens is 356 g/mol. The minimum absolute atomic E-state index is 0.0124. The summed E-state index contributed by atoms with van der Waals surface area (Å²) in [6.45, 7) is 10.6. The fourth-order valence-corrected chi connectivity index (χ4v) is 3.71. The molecule has 1 aromatic carbocycles. The molecule has 6 heteroatoms. The first kappa shape index (κ1) is 20.5. The maximum absolute atomic E-state index is 12.5. The quantitative estimate of drug-likeness (QED) is 0.752. The highest BCUT2D eigenvalue weighted by Gasteiger charge is 2.32. The summed E-state index contributed by atoms with van der Waals surface area (Å²) in [5.41, 5.74) is 0.869. The van der Waals surface area contributed by atoms with E-state index in [4.69, 9.17) is 9.47 Å². The first-order valence-corrected chi connectivity index (χ1v) is 10.2. The molecule has 0 bridgehead atoms. The largest absolute Gasteiger partial charge is 0.483 e. The summed E-state index contributed by atoms with van der Waals surface area (Å²) in [5.74, 6) is 2.04. The number of hydrogen-bond acceptors (Lipinski definition) is 4. The number of carbonyl (C=O) groups excluding carboxylic acids is 2. The van der Waals surface area contributed by atoms with Gasteiger partial charge in [0.05, 0.1) is 0 Å². The van der Waals surface area contributed by atoms with Crippen LogP contribution in [0.3, 0.4) is 0 Å². The van der Waals surface area contributed by atoms with E-state index in [2.05, 4.69) is 13.8 Å². The van der Waals surface area contributed by atoms with Gasteiger partial charge in [0.1, 0.15) is 5.60 Å². The fraction of sp³-hybridized carbons (Fsp3) is 0.636. The third-order valence-corrected chi connectivity index (χ3v) is 5.33. The molecule has 154 valence electrons. The van der Waals surface area contributed by atoms with E-state index in [0.717, 1.165) is 24.2 Å². The number of rotatable bonds is 6. The van der Waals surface area contributed by atoms with Crippen molar-refractivity contribution in [3.8, 4) is 11.5 Å². The third-order valence-electron chi connectivity index (χ3n) is 5.33. The van der Waals surface area contributed by atoms with Crippen LogP contribution in [0.2, 0.25) is 0 Å². The third kappa shape index (κ3) is 4.97. The van der Waals surface area contributed by atoms with E-state index >= 15 is 0 Å². The Labute approximate surface area is 167 Å². The highest BCUT2D eigenvalue weighted by atomic mass is 16.5. The molecule has 1 aromatic rings. The van der Waals surface area contributed by atoms with Crippen molar-refractivity contribution in [3.05, 3.63) is 23.8 Å². The number of para-hydroxylation sites is 1. The second kappa shape index (κ2) is 8.41. The van der Waals surface area contributed by atoms with E-state index < -0.39 is 0 Å². The van der Waals surface area contributed by atoms with E-state index in [-0.39, 0.29) is 24.0 Å². The lowest BCUT2D eigenvalue weighted by Crippen LogP contribution is -2.51. The maximum atomic E-state index is 12.5. The zero-order chi connectivity index (χ0) is 20.3. The van der Waals surface area contributed by atoms with Crippen molar-refractivity contribution in [2.45, 2.75) is 52.6 Å². The van der Waals surface area contributed by atoms with E-state index in [1.807, 2.05) is 36.9 Å². The van der Waals surface area contributed by atoms with Gasteiger partial charge in [-0.2, -0.15) is 0 Å². The number of benzene rings is 1. The van der Waals surface area contributed by atoms with Crippen molar-refractivity contribution in [2.75, 3.05) is 32.8 Å². The van der Waals surface area contributed by atoms with Gasteiger partial charge in [-0.15, -0.1) is 0 Å². The zero-order valence-corrected chi connectivity index (χ0v) is 17.5. The van der Waals surface area contributed by atoms with Gasteiger partial charge >= 0.3 is 0 Å². The molecule has 0 aliphatic carbocycles. The number of nitrogens with zero attached hydrogens (tertiary/aromatic N) is 2. The Morgan fingerprint density at radius 2 is 1.75 bits per heavy atom. The van der Waals surface area contributed by atoms with Crippen LogP contribution in [-0.4, -0.2) is 60.0 Å². The highest BCUT2D eigenvalue weighted by Crippen LogP contribution is 2.41. The molecule has 2 amide bonds. The minimum Gasteiger partial charge on any atom is -0.483 e. The van der Waals surface area contributed by atoms with Gasteiger partial charge in [0.25, 0.3) is 5.91 Å². The molecule has 0 aromatic heterocycles. The summed E-state index contributed by atoms with van der Waals surface area (Å²) in [7, 11) is 0. The molecule has 1 fully saturated rings. The smallest absolute Gasteiger partial charge is 0.260 e. The number of ether oxygens (including phenoxy) is 2. The Hall–Kier alpha value is -2.24. The van der Waals surface area contributed by atoms with Crippen LogP contribution in [0, 0.1) is 5.92 Å². The molecule has 0 radical (unpaired) electrons. The Bertz CT molecular complexity index is 721. The van der Waals surface area contributed by atoms with Crippen molar-refractivity contribution in [2.24, 2.45) is 5.92 Å². The number of amides is 2. The van der Waals surface area contributed by atoms with Crippen LogP contribution in [0.5, 0.6) is 11.5 Å². The molecule has 0 spiro atoms. The van der Waals surface area contributed by atoms with Crippen molar-refractivity contribution < 1.29 is 19.1 Å². The summed E-state index contributed by atoms with van der Waals surface area (Å²) in [6.07, 6.45) is 2.33. The number of fused-ring (bicyclic) bond motifs is 1. The van der Waals surface area contributed by atoms with Crippen molar-refractivity contribution in [1.82, 2.24) is 9.80 Å². The molecule has 6 nitrogen and oxygen atoms in total. The zero-order valence-electron chi connectivity index (χ0n) is 17.5. The predicted molar refractivity (Wildman–Crippen MR) is 108 cm³/mol. The molecule has 0 saturated carbocycles. The molecule has 2 aliphatic heterocycles. The monoisotopic (exact) mass is 388 g/mol. The average Bonchev–Trinajstić information content (AvgIpc) is 2.98. The number of piperazine rings is 1. The molecule has 0 N–H and O–H groups in total. The molecule has 1 saturated heterocycles. The first-order chi connectivity index (χ1) is 13.2. The molecule has 0 atom stereocenters. The molecule has 28 heavy (non-hydrogen) atoms. The van der Waals surface area contributed by atoms with E-state index in [1.165, 1.54) is 0 Å². The molecule has 2 heterocycles. The molecule has 0 unspecified atom stereocenters. The van der Waals surface area contributed by atoms with Crippen molar-refractivity contribution >= 4 is 11.8 Å². The van der Waals surface area contributed by atoms with Crippen LogP contribution in [0.4, 0.5) is 0 Å². The van der Waals surface area contributed by atoms with Crippen LogP contribution in [-0.2, 0) is 16.0 Å².